The highest BCUT2D eigenvalue weighted by molar-refractivity contribution is 6.08. The lowest BCUT2D eigenvalue weighted by Crippen LogP contribution is -2.32. The molecule has 2 heterocycles. The maximum atomic E-state index is 13.2. The number of hydrogen-bond acceptors (Lipinski definition) is 6. The molecule has 2 atom stereocenters. The average molecular weight is 422 g/mol. The number of rotatable bonds is 4. The van der Waals surface area contributed by atoms with Gasteiger partial charge in [-0.15, -0.1) is 0 Å². The van der Waals surface area contributed by atoms with E-state index < -0.39 is 11.5 Å². The van der Waals surface area contributed by atoms with E-state index in [1.807, 2.05) is 13.0 Å². The Balaban J connectivity index is 1.66. The van der Waals surface area contributed by atoms with Crippen LogP contribution in [0.1, 0.15) is 61.0 Å². The fourth-order valence-corrected chi connectivity index (χ4v) is 4.04. The molecule has 2 aliphatic heterocycles. The van der Waals surface area contributed by atoms with Crippen molar-refractivity contribution in [3.05, 3.63) is 58.7 Å². The molecular formula is C25H26O6. The van der Waals surface area contributed by atoms with Crippen molar-refractivity contribution in [2.24, 2.45) is 0 Å². The summed E-state index contributed by atoms with van der Waals surface area (Å²) >= 11 is 0. The zero-order valence-electron chi connectivity index (χ0n) is 17.8. The van der Waals surface area contributed by atoms with Crippen LogP contribution in [0.15, 0.2) is 42.0 Å². The van der Waals surface area contributed by atoms with E-state index in [1.165, 1.54) is 23.8 Å². The molecule has 6 heteroatoms. The van der Waals surface area contributed by atoms with Crippen LogP contribution in [0.2, 0.25) is 0 Å². The van der Waals surface area contributed by atoms with E-state index in [0.29, 0.717) is 16.9 Å². The normalized spacial score (nSPS) is 21.5. The predicted octanol–water partition coefficient (Wildman–Crippen LogP) is 5.07. The van der Waals surface area contributed by atoms with Crippen LogP contribution in [-0.2, 0) is 0 Å². The molecular weight excluding hydrogens is 396 g/mol. The first-order valence-corrected chi connectivity index (χ1v) is 10.3. The second kappa shape index (κ2) is 7.69. The molecule has 31 heavy (non-hydrogen) atoms. The Labute approximate surface area is 181 Å². The van der Waals surface area contributed by atoms with Gasteiger partial charge in [-0.25, -0.2) is 0 Å². The summed E-state index contributed by atoms with van der Waals surface area (Å²) in [7, 11) is 0. The first kappa shape index (κ1) is 20.8. The predicted molar refractivity (Wildman–Crippen MR) is 117 cm³/mol. The number of phenolic OH excluding ortho intramolecular Hbond substituents is 3. The third-order valence-electron chi connectivity index (χ3n) is 5.76. The summed E-state index contributed by atoms with van der Waals surface area (Å²) < 4.78 is 12.0. The maximum absolute atomic E-state index is 13.2. The Morgan fingerprint density at radius 3 is 2.68 bits per heavy atom. The Hall–Kier alpha value is -3.41. The summed E-state index contributed by atoms with van der Waals surface area (Å²) in [5.41, 5.74) is 1.56. The van der Waals surface area contributed by atoms with Gasteiger partial charge >= 0.3 is 0 Å². The molecule has 0 aromatic heterocycles. The highest BCUT2D eigenvalue weighted by atomic mass is 16.5. The topological polar surface area (TPSA) is 96.2 Å². The van der Waals surface area contributed by atoms with Gasteiger partial charge in [-0.3, -0.25) is 4.79 Å². The zero-order chi connectivity index (χ0) is 22.3. The lowest BCUT2D eigenvalue weighted by molar-refractivity contribution is 0.0887. The fourth-order valence-electron chi connectivity index (χ4n) is 4.04. The Morgan fingerprint density at radius 2 is 1.97 bits per heavy atom. The van der Waals surface area contributed by atoms with E-state index in [9.17, 15) is 20.1 Å². The number of Topliss-reactive ketones (excluding diaryl/α,β-unsaturated/α-hetero) is 1. The molecule has 0 spiro atoms. The van der Waals surface area contributed by atoms with Gasteiger partial charge in [-0.05, 0) is 51.8 Å². The van der Waals surface area contributed by atoms with E-state index in [-0.39, 0.29) is 41.0 Å². The number of hydrogen-bond donors (Lipinski definition) is 3. The van der Waals surface area contributed by atoms with E-state index in [2.05, 4.69) is 19.9 Å². The molecule has 0 saturated heterocycles. The number of ketones is 1. The Kier molecular flexibility index (Phi) is 5.17. The van der Waals surface area contributed by atoms with E-state index >= 15 is 0 Å². The summed E-state index contributed by atoms with van der Waals surface area (Å²) in [6, 6.07) is 5.71. The third kappa shape index (κ3) is 3.85. The van der Waals surface area contributed by atoms with E-state index in [0.717, 1.165) is 12.8 Å². The van der Waals surface area contributed by atoms with Crippen LogP contribution in [0, 0.1) is 0 Å². The Bertz CT molecular complexity index is 1110. The van der Waals surface area contributed by atoms with Crippen molar-refractivity contribution >= 4 is 11.9 Å². The van der Waals surface area contributed by atoms with Crippen LogP contribution in [0.5, 0.6) is 28.7 Å². The van der Waals surface area contributed by atoms with Gasteiger partial charge in [0.15, 0.2) is 5.78 Å². The van der Waals surface area contributed by atoms with Crippen molar-refractivity contribution in [3.8, 4) is 28.7 Å². The van der Waals surface area contributed by atoms with Crippen molar-refractivity contribution < 1.29 is 29.6 Å². The lowest BCUT2D eigenvalue weighted by Gasteiger charge is -2.33. The van der Waals surface area contributed by atoms with Gasteiger partial charge in [-0.2, -0.15) is 0 Å². The van der Waals surface area contributed by atoms with Crippen molar-refractivity contribution in [1.29, 1.82) is 0 Å². The monoisotopic (exact) mass is 422 g/mol. The van der Waals surface area contributed by atoms with Gasteiger partial charge in [-0.1, -0.05) is 17.7 Å². The number of carbonyl (C=O) groups is 1. The summed E-state index contributed by atoms with van der Waals surface area (Å²) in [6.45, 7) is 6.10. The van der Waals surface area contributed by atoms with Crippen LogP contribution < -0.4 is 9.47 Å². The van der Waals surface area contributed by atoms with Crippen LogP contribution in [-0.4, -0.2) is 33.3 Å². The molecule has 2 unspecified atom stereocenters. The quantitative estimate of drug-likeness (QED) is 0.595. The molecule has 6 nitrogen and oxygen atoms in total. The molecule has 0 amide bonds. The number of fused-ring (bicyclic) bond motifs is 2. The molecule has 0 radical (unpaired) electrons. The van der Waals surface area contributed by atoms with Gasteiger partial charge in [0, 0.05) is 17.7 Å². The second-order valence-corrected chi connectivity index (χ2v) is 8.55. The molecule has 0 saturated carbocycles. The summed E-state index contributed by atoms with van der Waals surface area (Å²) in [4.78, 5) is 13.2. The maximum Gasteiger partial charge on any atom is 0.181 e. The first-order chi connectivity index (χ1) is 14.7. The summed E-state index contributed by atoms with van der Waals surface area (Å²) in [5.74, 6) is -0.901. The average Bonchev–Trinajstić information content (AvgIpc) is 2.68. The Morgan fingerprint density at radius 1 is 1.19 bits per heavy atom. The number of phenols is 3. The van der Waals surface area contributed by atoms with Gasteiger partial charge in [0.2, 0.25) is 0 Å². The number of benzene rings is 2. The highest BCUT2D eigenvalue weighted by Gasteiger charge is 2.38. The van der Waals surface area contributed by atoms with Gasteiger partial charge < -0.3 is 24.8 Å². The van der Waals surface area contributed by atoms with Crippen LogP contribution in [0.4, 0.5) is 0 Å². The lowest BCUT2D eigenvalue weighted by atomic mass is 9.86. The molecule has 0 bridgehead atoms. The number of aromatic hydroxyl groups is 3. The van der Waals surface area contributed by atoms with Gasteiger partial charge in [0.25, 0.3) is 0 Å². The minimum atomic E-state index is -0.792. The molecule has 2 aliphatic rings. The van der Waals surface area contributed by atoms with E-state index in [4.69, 9.17) is 9.47 Å². The smallest absolute Gasteiger partial charge is 0.181 e. The van der Waals surface area contributed by atoms with Gasteiger partial charge in [0.1, 0.15) is 46.5 Å². The summed E-state index contributed by atoms with van der Waals surface area (Å²) in [6.07, 6.45) is 7.47. The molecule has 2 aromatic rings. The van der Waals surface area contributed by atoms with Crippen LogP contribution >= 0.6 is 0 Å². The molecule has 3 N–H and O–H groups in total. The molecule has 0 fully saturated rings. The SMILES string of the molecule is CC(C)=CCCC1(C)C=Cc2c(cc3c(c2O)C(=O)C(c2ccc(O)cc2O)CO3)O1. The van der Waals surface area contributed by atoms with Crippen molar-refractivity contribution in [2.45, 2.75) is 45.1 Å². The minimum Gasteiger partial charge on any atom is -0.508 e. The number of allylic oxidation sites excluding steroid dienone is 2. The number of ether oxygens (including phenoxy) is 2. The standard InChI is InChI=1S/C25H26O6/c1-14(2)5-4-9-25(3)10-8-17-20(31-25)12-21-22(23(17)28)24(29)18(13-30-21)16-7-6-15(26)11-19(16)27/h5-8,10-12,18,26-28H,4,9,13H2,1-3H3. The fraction of sp³-hybridized carbons (Fsp3) is 0.320. The van der Waals surface area contributed by atoms with Crippen LogP contribution in [0.25, 0.3) is 6.08 Å². The van der Waals surface area contributed by atoms with Crippen molar-refractivity contribution in [3.63, 3.8) is 0 Å². The second-order valence-electron chi connectivity index (χ2n) is 8.55. The molecule has 2 aromatic carbocycles. The van der Waals surface area contributed by atoms with E-state index in [1.54, 1.807) is 12.1 Å². The van der Waals surface area contributed by atoms with Crippen molar-refractivity contribution in [2.75, 3.05) is 6.61 Å². The highest BCUT2D eigenvalue weighted by Crippen LogP contribution is 2.48. The van der Waals surface area contributed by atoms with Gasteiger partial charge in [0.05, 0.1) is 11.5 Å². The number of carbonyl (C=O) groups excluding carboxylic acids is 1. The first-order valence-electron chi connectivity index (χ1n) is 10.3. The third-order valence-corrected chi connectivity index (χ3v) is 5.76. The molecule has 4 rings (SSSR count). The zero-order valence-corrected chi connectivity index (χ0v) is 17.8. The molecule has 162 valence electrons. The molecule has 0 aliphatic carbocycles. The van der Waals surface area contributed by atoms with Crippen molar-refractivity contribution in [1.82, 2.24) is 0 Å². The van der Waals surface area contributed by atoms with Crippen LogP contribution in [0.3, 0.4) is 0 Å². The minimum absolute atomic E-state index is 0.00999. The summed E-state index contributed by atoms with van der Waals surface area (Å²) in [5, 5.41) is 30.6. The largest absolute Gasteiger partial charge is 0.508 e.